The highest BCUT2D eigenvalue weighted by atomic mass is 32.1. The number of anilines is 3. The molecule has 0 fully saturated rings. The molecule has 1 heterocycles. The molecule has 0 aliphatic heterocycles. The minimum absolute atomic E-state index is 0.111. The van der Waals surface area contributed by atoms with Gasteiger partial charge in [0.25, 0.3) is 0 Å². The van der Waals surface area contributed by atoms with Gasteiger partial charge in [-0.05, 0) is 31.3 Å². The number of nitrogens with one attached hydrogen (secondary N) is 1. The van der Waals surface area contributed by atoms with Crippen LogP contribution in [0, 0.1) is 11.7 Å². The normalized spacial score (nSPS) is 10.2. The predicted molar refractivity (Wildman–Crippen MR) is 69.9 cm³/mol. The van der Waals surface area contributed by atoms with Crippen LogP contribution in [0.5, 0.6) is 0 Å². The molecular weight excluding hydrogens is 236 g/mol. The zero-order chi connectivity index (χ0) is 12.4. The van der Waals surface area contributed by atoms with Crippen LogP contribution in [0.3, 0.4) is 0 Å². The Labute approximate surface area is 103 Å². The molecular formula is C10H12N6S. The van der Waals surface area contributed by atoms with Gasteiger partial charge in [0.2, 0.25) is 16.7 Å². The lowest BCUT2D eigenvalue weighted by Crippen LogP contribution is -2.19. The number of nitrogens with zero attached hydrogens (tertiary/aromatic N) is 3. The fourth-order valence-electron chi connectivity index (χ4n) is 1.25. The molecule has 0 unspecified atom stereocenters. The van der Waals surface area contributed by atoms with Gasteiger partial charge in [-0.3, -0.25) is 0 Å². The number of nitrogens with two attached hydrogens (primary N) is 2. The van der Waals surface area contributed by atoms with Crippen LogP contribution in [0.15, 0.2) is 24.3 Å². The van der Waals surface area contributed by atoms with Gasteiger partial charge in [0, 0.05) is 5.69 Å². The maximum atomic E-state index is 5.58. The van der Waals surface area contributed by atoms with Crippen molar-refractivity contribution in [3.63, 3.8) is 0 Å². The number of rotatable bonds is 2. The van der Waals surface area contributed by atoms with Crippen LogP contribution in [-0.2, 0) is 0 Å². The summed E-state index contributed by atoms with van der Waals surface area (Å²) < 4.78 is 1.22. The zero-order valence-electron chi connectivity index (χ0n) is 9.21. The monoisotopic (exact) mass is 248 g/mol. The standard InChI is InChI=1S/C10H12N6S/c1-6-2-4-7(5-3-6)13-9-14-8(11)16(12)10(17)15-9/h2-5H,12H2,1H3,(H3,11,13,14,15,17). The Kier molecular flexibility index (Phi) is 2.92. The molecule has 17 heavy (non-hydrogen) atoms. The summed E-state index contributed by atoms with van der Waals surface area (Å²) in [7, 11) is 0. The minimum Gasteiger partial charge on any atom is -0.368 e. The molecule has 1 aromatic heterocycles. The summed E-state index contributed by atoms with van der Waals surface area (Å²) in [4.78, 5) is 7.98. The second kappa shape index (κ2) is 4.38. The number of benzene rings is 1. The zero-order valence-corrected chi connectivity index (χ0v) is 10.0. The highest BCUT2D eigenvalue weighted by molar-refractivity contribution is 7.71. The van der Waals surface area contributed by atoms with Crippen molar-refractivity contribution >= 4 is 29.8 Å². The van der Waals surface area contributed by atoms with E-state index in [-0.39, 0.29) is 10.7 Å². The maximum absolute atomic E-state index is 5.58. The van der Waals surface area contributed by atoms with Gasteiger partial charge in [0.15, 0.2) is 0 Å². The third-order valence-electron chi connectivity index (χ3n) is 2.18. The molecule has 1 aromatic carbocycles. The molecule has 5 N–H and O–H groups in total. The molecule has 0 aliphatic rings. The quantitative estimate of drug-likeness (QED) is 0.548. The second-order valence-electron chi connectivity index (χ2n) is 3.55. The highest BCUT2D eigenvalue weighted by Gasteiger charge is 2.02. The van der Waals surface area contributed by atoms with Crippen LogP contribution >= 0.6 is 12.2 Å². The number of aromatic nitrogens is 3. The van der Waals surface area contributed by atoms with E-state index in [1.165, 1.54) is 5.56 Å². The van der Waals surface area contributed by atoms with Crippen LogP contribution < -0.4 is 16.9 Å². The van der Waals surface area contributed by atoms with Crippen molar-refractivity contribution in [1.82, 2.24) is 14.6 Å². The van der Waals surface area contributed by atoms with Gasteiger partial charge >= 0.3 is 0 Å². The molecule has 0 aliphatic carbocycles. The first kappa shape index (κ1) is 11.3. The van der Waals surface area contributed by atoms with E-state index in [2.05, 4.69) is 15.3 Å². The molecule has 6 nitrogen and oxygen atoms in total. The van der Waals surface area contributed by atoms with Crippen LogP contribution in [0.25, 0.3) is 0 Å². The number of aryl methyl sites for hydroxylation is 1. The first-order chi connectivity index (χ1) is 8.06. The molecule has 0 spiro atoms. The van der Waals surface area contributed by atoms with Crippen molar-refractivity contribution in [2.24, 2.45) is 0 Å². The van der Waals surface area contributed by atoms with Crippen molar-refractivity contribution in [2.75, 3.05) is 16.9 Å². The van der Waals surface area contributed by atoms with Gasteiger partial charge in [-0.1, -0.05) is 17.7 Å². The fraction of sp³-hybridized carbons (Fsp3) is 0.100. The van der Waals surface area contributed by atoms with E-state index in [0.29, 0.717) is 5.95 Å². The van der Waals surface area contributed by atoms with Crippen LogP contribution in [-0.4, -0.2) is 14.6 Å². The van der Waals surface area contributed by atoms with Gasteiger partial charge in [-0.25, -0.2) is 4.68 Å². The molecule has 0 saturated carbocycles. The van der Waals surface area contributed by atoms with Crippen LogP contribution in [0.2, 0.25) is 0 Å². The summed E-state index contributed by atoms with van der Waals surface area (Å²) in [5, 5.41) is 3.00. The molecule has 0 radical (unpaired) electrons. The van der Waals surface area contributed by atoms with Crippen LogP contribution in [0.1, 0.15) is 5.56 Å². The molecule has 0 amide bonds. The number of nitrogen functional groups attached to an aromatic ring is 2. The van der Waals surface area contributed by atoms with Crippen molar-refractivity contribution in [3.8, 4) is 0 Å². The lowest BCUT2D eigenvalue weighted by atomic mass is 10.2. The predicted octanol–water partition coefficient (Wildman–Crippen LogP) is 1.36. The topological polar surface area (TPSA) is 94.8 Å². The van der Waals surface area contributed by atoms with Crippen molar-refractivity contribution < 1.29 is 0 Å². The van der Waals surface area contributed by atoms with Gasteiger partial charge in [0.1, 0.15) is 0 Å². The van der Waals surface area contributed by atoms with Crippen molar-refractivity contribution in [2.45, 2.75) is 6.92 Å². The summed E-state index contributed by atoms with van der Waals surface area (Å²) in [6, 6.07) is 7.79. The van der Waals surface area contributed by atoms with E-state index < -0.39 is 0 Å². The van der Waals surface area contributed by atoms with E-state index in [0.717, 1.165) is 10.4 Å². The molecule has 0 bridgehead atoms. The smallest absolute Gasteiger partial charge is 0.233 e. The highest BCUT2D eigenvalue weighted by Crippen LogP contribution is 2.13. The van der Waals surface area contributed by atoms with E-state index >= 15 is 0 Å². The van der Waals surface area contributed by atoms with E-state index in [4.69, 9.17) is 23.8 Å². The van der Waals surface area contributed by atoms with E-state index in [1.807, 2.05) is 31.2 Å². The first-order valence-corrected chi connectivity index (χ1v) is 5.32. The number of hydrogen-bond donors (Lipinski definition) is 3. The summed E-state index contributed by atoms with van der Waals surface area (Å²) in [5.74, 6) is 5.94. The molecule has 88 valence electrons. The SMILES string of the molecule is Cc1ccc(Nc2nc(N)n(N)c(=S)n2)cc1. The third-order valence-corrected chi connectivity index (χ3v) is 2.47. The van der Waals surface area contributed by atoms with Gasteiger partial charge in [-0.15, -0.1) is 0 Å². The fourth-order valence-corrected chi connectivity index (χ4v) is 1.43. The summed E-state index contributed by atoms with van der Waals surface area (Å²) in [6.45, 7) is 2.01. The third kappa shape index (κ3) is 2.51. The van der Waals surface area contributed by atoms with Gasteiger partial charge in [-0.2, -0.15) is 9.97 Å². The molecule has 0 saturated heterocycles. The molecule has 0 atom stereocenters. The van der Waals surface area contributed by atoms with Gasteiger partial charge in [0.05, 0.1) is 0 Å². The molecule has 2 aromatic rings. The molecule has 7 heteroatoms. The Balaban J connectivity index is 2.30. The summed E-state index contributed by atoms with van der Waals surface area (Å²) >= 11 is 4.93. The van der Waals surface area contributed by atoms with E-state index in [9.17, 15) is 0 Å². The Bertz CT molecular complexity index is 589. The Morgan fingerprint density at radius 1 is 1.24 bits per heavy atom. The Morgan fingerprint density at radius 2 is 1.88 bits per heavy atom. The Hall–Kier alpha value is -2.15. The summed E-state index contributed by atoms with van der Waals surface area (Å²) in [6.07, 6.45) is 0. The largest absolute Gasteiger partial charge is 0.368 e. The first-order valence-electron chi connectivity index (χ1n) is 4.91. The van der Waals surface area contributed by atoms with Crippen molar-refractivity contribution in [3.05, 3.63) is 34.6 Å². The van der Waals surface area contributed by atoms with Crippen molar-refractivity contribution in [1.29, 1.82) is 0 Å². The average Bonchev–Trinajstić information content (AvgIpc) is 2.29. The average molecular weight is 248 g/mol. The summed E-state index contributed by atoms with van der Waals surface area (Å²) in [5.41, 5.74) is 7.61. The maximum Gasteiger partial charge on any atom is 0.233 e. The molecule has 2 rings (SSSR count). The lowest BCUT2D eigenvalue weighted by molar-refractivity contribution is 0.879. The van der Waals surface area contributed by atoms with Gasteiger partial charge < -0.3 is 16.9 Å². The van der Waals surface area contributed by atoms with Crippen LogP contribution in [0.4, 0.5) is 17.6 Å². The Morgan fingerprint density at radius 3 is 2.47 bits per heavy atom. The van der Waals surface area contributed by atoms with E-state index in [1.54, 1.807) is 0 Å². The minimum atomic E-state index is 0.111. The number of hydrogen-bond acceptors (Lipinski definition) is 6. The second-order valence-corrected chi connectivity index (χ2v) is 3.91. The lowest BCUT2D eigenvalue weighted by Gasteiger charge is -2.07.